The minimum atomic E-state index is -0.560. The Labute approximate surface area is 200 Å². The molecule has 1 aliphatic heterocycles. The molecule has 0 bridgehead atoms. The van der Waals surface area contributed by atoms with E-state index in [4.69, 9.17) is 4.74 Å². The van der Waals surface area contributed by atoms with Gasteiger partial charge in [0.25, 0.3) is 0 Å². The third-order valence-electron chi connectivity index (χ3n) is 6.45. The topological polar surface area (TPSA) is 132 Å². The summed E-state index contributed by atoms with van der Waals surface area (Å²) >= 11 is 0. The molecule has 0 aliphatic carbocycles. The van der Waals surface area contributed by atoms with E-state index in [9.17, 15) is 14.9 Å². The molecule has 4 aromatic heterocycles. The van der Waals surface area contributed by atoms with Crippen molar-refractivity contribution < 1.29 is 9.13 Å². The number of methoxy groups -OCH3 is 1. The van der Waals surface area contributed by atoms with E-state index < -0.39 is 5.82 Å². The molecule has 1 saturated heterocycles. The monoisotopic (exact) mass is 471 g/mol. The first kappa shape index (κ1) is 22.4. The van der Waals surface area contributed by atoms with E-state index in [0.717, 1.165) is 34.9 Å². The average Bonchev–Trinajstić information content (AvgIpc) is 3.64. The van der Waals surface area contributed by atoms with E-state index in [1.807, 2.05) is 28.0 Å². The van der Waals surface area contributed by atoms with Crippen molar-refractivity contribution in [3.05, 3.63) is 54.1 Å². The van der Waals surface area contributed by atoms with Crippen LogP contribution in [0.2, 0.25) is 0 Å². The molecule has 1 N–H and O–H groups in total. The summed E-state index contributed by atoms with van der Waals surface area (Å²) in [7, 11) is 1.46. The van der Waals surface area contributed by atoms with Gasteiger partial charge in [-0.15, -0.1) is 0 Å². The number of pyridine rings is 1. The second kappa shape index (κ2) is 9.49. The zero-order valence-corrected chi connectivity index (χ0v) is 19.0. The minimum Gasteiger partial charge on any atom is -0.380 e. The van der Waals surface area contributed by atoms with Crippen LogP contribution in [0.1, 0.15) is 30.0 Å². The Morgan fingerprint density at radius 3 is 2.97 bits per heavy atom. The number of aromatic amines is 1. The second-order valence-electron chi connectivity index (χ2n) is 8.42. The quantitative estimate of drug-likeness (QED) is 0.434. The first-order valence-electron chi connectivity index (χ1n) is 11.2. The number of nitriles is 2. The zero-order valence-electron chi connectivity index (χ0n) is 19.0. The lowest BCUT2D eigenvalue weighted by Crippen LogP contribution is -2.26. The van der Waals surface area contributed by atoms with Gasteiger partial charge >= 0.3 is 0 Å². The molecule has 0 saturated carbocycles. The molecule has 5 heterocycles. The molecule has 4 aromatic rings. The van der Waals surface area contributed by atoms with Gasteiger partial charge in [-0.2, -0.15) is 15.6 Å². The molecule has 1 fully saturated rings. The Hall–Kier alpha value is -4.35. The van der Waals surface area contributed by atoms with Gasteiger partial charge in [-0.05, 0) is 12.5 Å². The zero-order chi connectivity index (χ0) is 24.4. The number of anilines is 1. The Morgan fingerprint density at radius 1 is 1.29 bits per heavy atom. The number of rotatable bonds is 7. The van der Waals surface area contributed by atoms with Crippen molar-refractivity contribution in [2.75, 3.05) is 25.1 Å². The molecule has 35 heavy (non-hydrogen) atoms. The molecular weight excluding hydrogens is 449 g/mol. The van der Waals surface area contributed by atoms with Crippen LogP contribution in [-0.4, -0.2) is 49.9 Å². The fraction of sp³-hybridized carbons (Fsp3) is 0.333. The second-order valence-corrected chi connectivity index (χ2v) is 8.42. The van der Waals surface area contributed by atoms with E-state index in [-0.39, 0.29) is 36.1 Å². The van der Waals surface area contributed by atoms with Crippen molar-refractivity contribution in [1.82, 2.24) is 29.7 Å². The molecule has 11 heteroatoms. The summed E-state index contributed by atoms with van der Waals surface area (Å²) in [6, 6.07) is 6.12. The van der Waals surface area contributed by atoms with Crippen LogP contribution >= 0.6 is 0 Å². The SMILES string of the molecule is COCc1c(F)cnc(N2CCC(C(CC#N)n3cc(-c4ncnc5[nH]ccc45)cn3)C2)c1C#N. The summed E-state index contributed by atoms with van der Waals surface area (Å²) in [5, 5.41) is 24.7. The molecule has 2 unspecified atom stereocenters. The van der Waals surface area contributed by atoms with Gasteiger partial charge < -0.3 is 14.6 Å². The van der Waals surface area contributed by atoms with Crippen LogP contribution in [0, 0.1) is 34.4 Å². The standard InChI is InChI=1S/C24H22FN9O/c1-35-13-19-18(8-27)24(29-10-20(19)25)33-7-4-15(11-33)21(2-5-26)34-12-16(9-32-34)22-17-3-6-28-23(17)31-14-30-22/h3,6,9-10,12,14-15,21H,2,4,7,11,13H2,1H3,(H,28,30,31). The molecule has 0 spiro atoms. The van der Waals surface area contributed by atoms with Crippen LogP contribution < -0.4 is 4.90 Å². The van der Waals surface area contributed by atoms with Crippen LogP contribution in [0.15, 0.2) is 37.2 Å². The van der Waals surface area contributed by atoms with Gasteiger partial charge in [0.2, 0.25) is 0 Å². The first-order valence-corrected chi connectivity index (χ1v) is 11.2. The van der Waals surface area contributed by atoms with Crippen LogP contribution in [0.5, 0.6) is 0 Å². The highest BCUT2D eigenvalue weighted by molar-refractivity contribution is 5.89. The molecule has 0 amide bonds. The third-order valence-corrected chi connectivity index (χ3v) is 6.45. The van der Waals surface area contributed by atoms with Crippen molar-refractivity contribution in [2.24, 2.45) is 5.92 Å². The van der Waals surface area contributed by atoms with Gasteiger partial charge in [0.05, 0.1) is 43.2 Å². The maximum absolute atomic E-state index is 14.3. The molecule has 5 rings (SSSR count). The summed E-state index contributed by atoms with van der Waals surface area (Å²) in [6.45, 7) is 1.19. The lowest BCUT2D eigenvalue weighted by Gasteiger charge is -2.24. The maximum Gasteiger partial charge on any atom is 0.148 e. The number of hydrogen-bond donors (Lipinski definition) is 1. The fourth-order valence-electron chi connectivity index (χ4n) is 4.76. The van der Waals surface area contributed by atoms with Crippen LogP contribution in [0.3, 0.4) is 0 Å². The highest BCUT2D eigenvalue weighted by Crippen LogP contribution is 2.35. The van der Waals surface area contributed by atoms with Crippen molar-refractivity contribution in [1.29, 1.82) is 10.5 Å². The van der Waals surface area contributed by atoms with Crippen LogP contribution in [-0.2, 0) is 11.3 Å². The number of hydrogen-bond acceptors (Lipinski definition) is 8. The predicted octanol–water partition coefficient (Wildman–Crippen LogP) is 3.35. The molecule has 176 valence electrons. The predicted molar refractivity (Wildman–Crippen MR) is 124 cm³/mol. The summed E-state index contributed by atoms with van der Waals surface area (Å²) in [5.41, 5.74) is 2.74. The lowest BCUT2D eigenvalue weighted by molar-refractivity contribution is 0.181. The van der Waals surface area contributed by atoms with E-state index >= 15 is 0 Å². The lowest BCUT2D eigenvalue weighted by atomic mass is 9.96. The number of nitrogens with zero attached hydrogens (tertiary/aromatic N) is 8. The number of fused-ring (bicyclic) bond motifs is 1. The minimum absolute atomic E-state index is 0.00785. The summed E-state index contributed by atoms with van der Waals surface area (Å²) in [4.78, 5) is 17.9. The van der Waals surface area contributed by atoms with Gasteiger partial charge in [-0.3, -0.25) is 4.68 Å². The Morgan fingerprint density at radius 2 is 2.17 bits per heavy atom. The van der Waals surface area contributed by atoms with E-state index in [1.54, 1.807) is 6.20 Å². The van der Waals surface area contributed by atoms with Crippen molar-refractivity contribution in [3.63, 3.8) is 0 Å². The van der Waals surface area contributed by atoms with Gasteiger partial charge in [0, 0.05) is 55.0 Å². The number of H-pyrrole nitrogens is 1. The summed E-state index contributed by atoms with van der Waals surface area (Å²) < 4.78 is 21.2. The highest BCUT2D eigenvalue weighted by Gasteiger charge is 2.33. The first-order chi connectivity index (χ1) is 17.1. The Balaban J connectivity index is 1.42. The van der Waals surface area contributed by atoms with Gasteiger partial charge in [-0.1, -0.05) is 0 Å². The molecule has 2 atom stereocenters. The van der Waals surface area contributed by atoms with E-state index in [1.165, 1.54) is 13.4 Å². The third kappa shape index (κ3) is 4.07. The maximum atomic E-state index is 14.3. The van der Waals surface area contributed by atoms with Crippen LogP contribution in [0.25, 0.3) is 22.3 Å². The normalized spacial score (nSPS) is 16.3. The molecule has 0 radical (unpaired) electrons. The van der Waals surface area contributed by atoms with Crippen molar-refractivity contribution in [3.8, 4) is 23.4 Å². The molecule has 0 aromatic carbocycles. The number of nitrogens with one attached hydrogen (secondary N) is 1. The molecule has 1 aliphatic rings. The Kier molecular flexibility index (Phi) is 6.08. The number of aromatic nitrogens is 6. The van der Waals surface area contributed by atoms with Gasteiger partial charge in [-0.25, -0.2) is 19.3 Å². The van der Waals surface area contributed by atoms with Crippen molar-refractivity contribution in [2.45, 2.75) is 25.5 Å². The Bertz CT molecular complexity index is 1450. The summed E-state index contributed by atoms with van der Waals surface area (Å²) in [5.74, 6) is -0.0314. The highest BCUT2D eigenvalue weighted by atomic mass is 19.1. The summed E-state index contributed by atoms with van der Waals surface area (Å²) in [6.07, 6.45) is 9.17. The smallest absolute Gasteiger partial charge is 0.148 e. The molecule has 10 nitrogen and oxygen atoms in total. The molecular formula is C24H22FN9O. The number of ether oxygens (including phenoxy) is 1. The van der Waals surface area contributed by atoms with E-state index in [2.05, 4.69) is 37.2 Å². The van der Waals surface area contributed by atoms with Crippen molar-refractivity contribution >= 4 is 16.9 Å². The largest absolute Gasteiger partial charge is 0.380 e. The number of halogens is 1. The van der Waals surface area contributed by atoms with Gasteiger partial charge in [0.1, 0.15) is 35.2 Å². The average molecular weight is 472 g/mol. The van der Waals surface area contributed by atoms with E-state index in [0.29, 0.717) is 18.9 Å². The fourth-order valence-corrected chi connectivity index (χ4v) is 4.76. The van der Waals surface area contributed by atoms with Gasteiger partial charge in [0.15, 0.2) is 0 Å². The van der Waals surface area contributed by atoms with Crippen LogP contribution in [0.4, 0.5) is 10.2 Å².